The highest BCUT2D eigenvalue weighted by atomic mass is 127. The minimum atomic E-state index is 0. The summed E-state index contributed by atoms with van der Waals surface area (Å²) >= 11 is 0. The highest BCUT2D eigenvalue weighted by Gasteiger charge is 2.31. The molecule has 0 amide bonds. The Bertz CT molecular complexity index is 426. The largest absolute Gasteiger partial charge is 0.379 e. The van der Waals surface area contributed by atoms with Crippen LogP contribution >= 0.6 is 24.0 Å². The van der Waals surface area contributed by atoms with Crippen molar-refractivity contribution in [2.75, 3.05) is 53.0 Å². The molecule has 3 atom stereocenters. The highest BCUT2D eigenvalue weighted by molar-refractivity contribution is 14.0. The van der Waals surface area contributed by atoms with Gasteiger partial charge < -0.3 is 15.4 Å². The molecule has 0 radical (unpaired) electrons. The molecular weight excluding hydrogens is 441 g/mol. The fourth-order valence-electron chi connectivity index (χ4n) is 3.88. The molecule has 0 spiro atoms. The van der Waals surface area contributed by atoms with Crippen LogP contribution in [0.2, 0.25) is 0 Å². The molecule has 2 aliphatic rings. The van der Waals surface area contributed by atoms with Gasteiger partial charge in [-0.15, -0.1) is 24.0 Å². The summed E-state index contributed by atoms with van der Waals surface area (Å²) in [6.07, 6.45) is 0. The number of guanidine groups is 1. The second-order valence-electron chi connectivity index (χ2n) is 8.19. The van der Waals surface area contributed by atoms with Crippen molar-refractivity contribution < 1.29 is 4.74 Å². The first-order chi connectivity index (χ1) is 11.9. The van der Waals surface area contributed by atoms with E-state index in [4.69, 9.17) is 4.74 Å². The van der Waals surface area contributed by atoms with Crippen LogP contribution < -0.4 is 10.6 Å². The minimum absolute atomic E-state index is 0. The third-order valence-corrected chi connectivity index (χ3v) is 5.68. The molecule has 2 saturated heterocycles. The fraction of sp³-hybridized carbons (Fsp3) is 0.947. The van der Waals surface area contributed by atoms with Crippen molar-refractivity contribution in [1.82, 2.24) is 20.4 Å². The Morgan fingerprint density at radius 2 is 1.77 bits per heavy atom. The molecule has 2 N–H and O–H groups in total. The lowest BCUT2D eigenvalue weighted by atomic mass is 10.0. The molecule has 0 aromatic carbocycles. The van der Waals surface area contributed by atoms with Crippen LogP contribution in [0.3, 0.4) is 0 Å². The molecular formula is C19H40IN5O. The van der Waals surface area contributed by atoms with Crippen molar-refractivity contribution in [3.8, 4) is 0 Å². The average Bonchev–Trinajstić information content (AvgIpc) is 2.95. The Balaban J connectivity index is 0.00000338. The van der Waals surface area contributed by atoms with Crippen LogP contribution in [0.5, 0.6) is 0 Å². The Morgan fingerprint density at radius 1 is 1.12 bits per heavy atom. The SMILES string of the molecule is CN=C(NCC(C(C)C)N1CCOCC1)NC1CN(C(C)C)CC1C.I. The smallest absolute Gasteiger partial charge is 0.191 e. The van der Waals surface area contributed by atoms with Gasteiger partial charge in [-0.25, -0.2) is 0 Å². The van der Waals surface area contributed by atoms with Crippen LogP contribution in [0, 0.1) is 11.8 Å². The van der Waals surface area contributed by atoms with Crippen LogP contribution in [-0.4, -0.2) is 86.9 Å². The van der Waals surface area contributed by atoms with Crippen LogP contribution in [0.25, 0.3) is 0 Å². The first kappa shape index (κ1) is 23.9. The summed E-state index contributed by atoms with van der Waals surface area (Å²) < 4.78 is 5.50. The van der Waals surface area contributed by atoms with E-state index in [1.165, 1.54) is 0 Å². The van der Waals surface area contributed by atoms with Gasteiger partial charge >= 0.3 is 0 Å². The second kappa shape index (κ2) is 11.7. The number of ether oxygens (including phenoxy) is 1. The van der Waals surface area contributed by atoms with Gasteiger partial charge in [-0.1, -0.05) is 20.8 Å². The molecule has 0 bridgehead atoms. The zero-order valence-corrected chi connectivity index (χ0v) is 19.8. The maximum Gasteiger partial charge on any atom is 0.191 e. The highest BCUT2D eigenvalue weighted by Crippen LogP contribution is 2.18. The molecule has 2 aliphatic heterocycles. The van der Waals surface area contributed by atoms with Crippen LogP contribution in [0.15, 0.2) is 4.99 Å². The Hall–Kier alpha value is -0.120. The van der Waals surface area contributed by atoms with Gasteiger partial charge in [-0.3, -0.25) is 14.8 Å². The van der Waals surface area contributed by atoms with E-state index >= 15 is 0 Å². The van der Waals surface area contributed by atoms with Crippen LogP contribution in [0.4, 0.5) is 0 Å². The maximum atomic E-state index is 5.50. The normalized spacial score (nSPS) is 26.8. The number of morpholine rings is 1. The quantitative estimate of drug-likeness (QED) is 0.345. The molecule has 0 aromatic heterocycles. The van der Waals surface area contributed by atoms with E-state index in [0.717, 1.165) is 51.9 Å². The molecule has 3 unspecified atom stereocenters. The standard InChI is InChI=1S/C19H39N5O.HI/c1-14(2)18(23-7-9-25-10-8-23)11-21-19(20-6)22-17-13-24(15(3)4)12-16(17)5;/h14-18H,7-13H2,1-6H3,(H2,20,21,22);1H. The third kappa shape index (κ3) is 6.80. The summed E-state index contributed by atoms with van der Waals surface area (Å²) in [6.45, 7) is 18.4. The van der Waals surface area contributed by atoms with Gasteiger partial charge in [0, 0.05) is 57.9 Å². The predicted molar refractivity (Wildman–Crippen MR) is 121 cm³/mol. The van der Waals surface area contributed by atoms with E-state index in [1.807, 2.05) is 7.05 Å². The number of hydrogen-bond acceptors (Lipinski definition) is 4. The average molecular weight is 481 g/mol. The first-order valence-electron chi connectivity index (χ1n) is 9.95. The second-order valence-corrected chi connectivity index (χ2v) is 8.19. The predicted octanol–water partition coefficient (Wildman–Crippen LogP) is 1.85. The molecule has 2 heterocycles. The van der Waals surface area contributed by atoms with E-state index in [2.05, 4.69) is 60.0 Å². The summed E-state index contributed by atoms with van der Waals surface area (Å²) in [5, 5.41) is 7.23. The van der Waals surface area contributed by atoms with Gasteiger partial charge in [0.1, 0.15) is 0 Å². The van der Waals surface area contributed by atoms with E-state index < -0.39 is 0 Å². The van der Waals surface area contributed by atoms with Crippen molar-refractivity contribution in [1.29, 1.82) is 0 Å². The molecule has 154 valence electrons. The summed E-state index contributed by atoms with van der Waals surface area (Å²) in [7, 11) is 1.87. The lowest BCUT2D eigenvalue weighted by Gasteiger charge is -2.37. The van der Waals surface area contributed by atoms with E-state index in [1.54, 1.807) is 0 Å². The van der Waals surface area contributed by atoms with E-state index in [9.17, 15) is 0 Å². The fourth-order valence-corrected chi connectivity index (χ4v) is 3.88. The molecule has 0 saturated carbocycles. The van der Waals surface area contributed by atoms with Crippen LogP contribution in [0.1, 0.15) is 34.6 Å². The summed E-state index contributed by atoms with van der Waals surface area (Å²) in [6, 6.07) is 1.58. The molecule has 6 nitrogen and oxygen atoms in total. The lowest BCUT2D eigenvalue weighted by Crippen LogP contribution is -2.54. The summed E-state index contributed by atoms with van der Waals surface area (Å²) in [5.74, 6) is 2.17. The van der Waals surface area contributed by atoms with E-state index in [-0.39, 0.29) is 24.0 Å². The van der Waals surface area contributed by atoms with Crippen molar-refractivity contribution in [3.05, 3.63) is 0 Å². The summed E-state index contributed by atoms with van der Waals surface area (Å²) in [4.78, 5) is 9.56. The number of nitrogens with one attached hydrogen (secondary N) is 2. The summed E-state index contributed by atoms with van der Waals surface area (Å²) in [5.41, 5.74) is 0. The lowest BCUT2D eigenvalue weighted by molar-refractivity contribution is 0.00751. The number of nitrogens with zero attached hydrogens (tertiary/aromatic N) is 3. The van der Waals surface area contributed by atoms with Gasteiger partial charge in [0.05, 0.1) is 13.2 Å². The molecule has 2 rings (SSSR count). The van der Waals surface area contributed by atoms with Crippen molar-refractivity contribution in [3.63, 3.8) is 0 Å². The maximum absolute atomic E-state index is 5.50. The monoisotopic (exact) mass is 481 g/mol. The third-order valence-electron chi connectivity index (χ3n) is 5.68. The molecule has 2 fully saturated rings. The van der Waals surface area contributed by atoms with Gasteiger partial charge in [0.2, 0.25) is 0 Å². The van der Waals surface area contributed by atoms with Crippen molar-refractivity contribution in [2.24, 2.45) is 16.8 Å². The number of halogens is 1. The molecule has 26 heavy (non-hydrogen) atoms. The van der Waals surface area contributed by atoms with Gasteiger partial charge in [-0.05, 0) is 25.7 Å². The molecule has 0 aromatic rings. The Kier molecular flexibility index (Phi) is 10.7. The van der Waals surface area contributed by atoms with Crippen molar-refractivity contribution >= 4 is 29.9 Å². The first-order valence-corrected chi connectivity index (χ1v) is 9.95. The molecule has 7 heteroatoms. The molecule has 0 aliphatic carbocycles. The number of hydrogen-bond donors (Lipinski definition) is 2. The number of rotatable bonds is 6. The minimum Gasteiger partial charge on any atom is -0.379 e. The van der Waals surface area contributed by atoms with Crippen molar-refractivity contribution in [2.45, 2.75) is 52.7 Å². The zero-order valence-electron chi connectivity index (χ0n) is 17.5. The zero-order chi connectivity index (χ0) is 18.4. The number of aliphatic imine (C=N–C) groups is 1. The topological polar surface area (TPSA) is 52.1 Å². The van der Waals surface area contributed by atoms with E-state index in [0.29, 0.717) is 30.0 Å². The van der Waals surface area contributed by atoms with Gasteiger partial charge in [-0.2, -0.15) is 0 Å². The van der Waals surface area contributed by atoms with Gasteiger partial charge in [0.25, 0.3) is 0 Å². The van der Waals surface area contributed by atoms with Gasteiger partial charge in [0.15, 0.2) is 5.96 Å². The number of likely N-dealkylation sites (tertiary alicyclic amines) is 1. The Labute approximate surface area is 177 Å². The Morgan fingerprint density at radius 3 is 2.27 bits per heavy atom. The van der Waals surface area contributed by atoms with Crippen LogP contribution in [-0.2, 0) is 4.74 Å².